The molecule has 0 amide bonds. The Hall–Kier alpha value is -1.06. The number of nitrogens with zero attached hydrogens (tertiary/aromatic N) is 3. The van der Waals surface area contributed by atoms with Gasteiger partial charge in [-0.1, -0.05) is 43.9 Å². The summed E-state index contributed by atoms with van der Waals surface area (Å²) >= 11 is 0. The van der Waals surface area contributed by atoms with Crippen LogP contribution in [0.4, 0.5) is 5.69 Å². The van der Waals surface area contributed by atoms with Crippen LogP contribution in [0.2, 0.25) is 0 Å². The van der Waals surface area contributed by atoms with Crippen molar-refractivity contribution in [2.24, 2.45) is 5.92 Å². The molecule has 2 heterocycles. The van der Waals surface area contributed by atoms with E-state index in [1.54, 1.807) is 0 Å². The van der Waals surface area contributed by atoms with Crippen LogP contribution < -0.4 is 4.90 Å². The van der Waals surface area contributed by atoms with E-state index in [2.05, 4.69) is 45.0 Å². The molecule has 144 valence electrons. The first kappa shape index (κ1) is 18.3. The first-order chi connectivity index (χ1) is 12.9. The molecule has 2 saturated heterocycles. The van der Waals surface area contributed by atoms with E-state index in [-0.39, 0.29) is 0 Å². The molecule has 1 aromatic rings. The highest BCUT2D eigenvalue weighted by Gasteiger charge is 2.28. The van der Waals surface area contributed by atoms with Crippen LogP contribution >= 0.6 is 0 Å². The van der Waals surface area contributed by atoms with Crippen molar-refractivity contribution in [3.63, 3.8) is 0 Å². The highest BCUT2D eigenvalue weighted by molar-refractivity contribution is 5.46. The molecule has 2 aliphatic heterocycles. The number of benzene rings is 1. The molecule has 0 radical (unpaired) electrons. The lowest BCUT2D eigenvalue weighted by atomic mass is 10.00. The molecule has 0 aromatic heterocycles. The Kier molecular flexibility index (Phi) is 6.50. The van der Waals surface area contributed by atoms with E-state index in [9.17, 15) is 0 Å². The SMILES string of the molecule is c1ccc(N2CCN(C3CCCN(CCCC4CCCC4)C3)CC2)cc1. The van der Waals surface area contributed by atoms with Gasteiger partial charge in [0.15, 0.2) is 0 Å². The zero-order chi connectivity index (χ0) is 17.6. The van der Waals surface area contributed by atoms with Crippen molar-refractivity contribution in [3.05, 3.63) is 30.3 Å². The number of hydrogen-bond acceptors (Lipinski definition) is 3. The van der Waals surface area contributed by atoms with Gasteiger partial charge < -0.3 is 9.80 Å². The second-order valence-electron chi connectivity index (χ2n) is 8.75. The van der Waals surface area contributed by atoms with Crippen molar-refractivity contribution in [3.8, 4) is 0 Å². The Labute approximate surface area is 160 Å². The Morgan fingerprint density at radius 3 is 2.35 bits per heavy atom. The van der Waals surface area contributed by atoms with Crippen molar-refractivity contribution in [2.75, 3.05) is 50.7 Å². The van der Waals surface area contributed by atoms with E-state index >= 15 is 0 Å². The summed E-state index contributed by atoms with van der Waals surface area (Å²) in [6.45, 7) is 8.83. The Bertz CT molecular complexity index is 518. The van der Waals surface area contributed by atoms with Crippen LogP contribution in [0.25, 0.3) is 0 Å². The van der Waals surface area contributed by atoms with Gasteiger partial charge in [-0.05, 0) is 56.8 Å². The number of hydrogen-bond donors (Lipinski definition) is 0. The van der Waals surface area contributed by atoms with E-state index in [1.165, 1.54) is 103 Å². The third kappa shape index (κ3) is 4.80. The van der Waals surface area contributed by atoms with Crippen LogP contribution in [-0.2, 0) is 0 Å². The highest BCUT2D eigenvalue weighted by atomic mass is 15.3. The number of piperidine rings is 1. The summed E-state index contributed by atoms with van der Waals surface area (Å²) in [7, 11) is 0. The van der Waals surface area contributed by atoms with Crippen LogP contribution in [-0.4, -0.2) is 61.7 Å². The molecule has 1 saturated carbocycles. The second kappa shape index (κ2) is 9.23. The molecule has 1 atom stereocenters. The fraction of sp³-hybridized carbons (Fsp3) is 0.739. The number of piperazine rings is 1. The van der Waals surface area contributed by atoms with E-state index in [0.717, 1.165) is 12.0 Å². The summed E-state index contributed by atoms with van der Waals surface area (Å²) in [6.07, 6.45) is 11.7. The van der Waals surface area contributed by atoms with Gasteiger partial charge in [0.05, 0.1) is 0 Å². The lowest BCUT2D eigenvalue weighted by Crippen LogP contribution is -2.55. The third-order valence-electron chi connectivity index (χ3n) is 6.99. The smallest absolute Gasteiger partial charge is 0.0367 e. The zero-order valence-electron chi connectivity index (χ0n) is 16.5. The topological polar surface area (TPSA) is 9.72 Å². The van der Waals surface area contributed by atoms with Crippen molar-refractivity contribution >= 4 is 5.69 Å². The molecule has 0 N–H and O–H groups in total. The fourth-order valence-electron chi connectivity index (χ4n) is 5.42. The predicted octanol–water partition coefficient (Wildman–Crippen LogP) is 4.24. The lowest BCUT2D eigenvalue weighted by molar-refractivity contribution is 0.0909. The average molecular weight is 356 g/mol. The quantitative estimate of drug-likeness (QED) is 0.755. The van der Waals surface area contributed by atoms with Gasteiger partial charge in [0, 0.05) is 44.5 Å². The number of para-hydroxylation sites is 1. The molecule has 0 bridgehead atoms. The molecule has 1 aromatic carbocycles. The number of rotatable bonds is 6. The van der Waals surface area contributed by atoms with Gasteiger partial charge in [-0.25, -0.2) is 0 Å². The van der Waals surface area contributed by atoms with Gasteiger partial charge in [-0.2, -0.15) is 0 Å². The molecule has 1 unspecified atom stereocenters. The fourth-order valence-corrected chi connectivity index (χ4v) is 5.42. The minimum absolute atomic E-state index is 0.799. The van der Waals surface area contributed by atoms with Crippen molar-refractivity contribution in [1.82, 2.24) is 9.80 Å². The molecule has 3 fully saturated rings. The molecule has 3 heteroatoms. The normalized spacial score (nSPS) is 26.5. The van der Waals surface area contributed by atoms with Crippen LogP contribution in [0.1, 0.15) is 51.4 Å². The van der Waals surface area contributed by atoms with Gasteiger partial charge in [-0.15, -0.1) is 0 Å². The maximum Gasteiger partial charge on any atom is 0.0367 e. The first-order valence-corrected chi connectivity index (χ1v) is 11.1. The zero-order valence-corrected chi connectivity index (χ0v) is 16.5. The summed E-state index contributed by atoms with van der Waals surface area (Å²) in [4.78, 5) is 8.11. The van der Waals surface area contributed by atoms with Crippen molar-refractivity contribution < 1.29 is 0 Å². The Morgan fingerprint density at radius 2 is 1.58 bits per heavy atom. The van der Waals surface area contributed by atoms with Crippen LogP contribution in [0.5, 0.6) is 0 Å². The van der Waals surface area contributed by atoms with Gasteiger partial charge in [0.2, 0.25) is 0 Å². The standard InChI is InChI=1S/C23H37N3/c1-2-11-22(12-3-1)25-16-18-26(19-17-25)23-13-7-15-24(20-23)14-6-10-21-8-4-5-9-21/h1-3,11-12,21,23H,4-10,13-20H2. The summed E-state index contributed by atoms with van der Waals surface area (Å²) in [5.74, 6) is 1.06. The van der Waals surface area contributed by atoms with Gasteiger partial charge >= 0.3 is 0 Å². The molecule has 1 aliphatic carbocycles. The van der Waals surface area contributed by atoms with E-state index < -0.39 is 0 Å². The minimum Gasteiger partial charge on any atom is -0.369 e. The van der Waals surface area contributed by atoms with Crippen molar-refractivity contribution in [1.29, 1.82) is 0 Å². The third-order valence-corrected chi connectivity index (χ3v) is 6.99. The Balaban J connectivity index is 1.20. The molecule has 26 heavy (non-hydrogen) atoms. The molecule has 0 spiro atoms. The molecule has 3 aliphatic rings. The summed E-state index contributed by atoms with van der Waals surface area (Å²) in [6, 6.07) is 11.7. The Morgan fingerprint density at radius 1 is 0.808 bits per heavy atom. The number of anilines is 1. The van der Waals surface area contributed by atoms with Gasteiger partial charge in [0.25, 0.3) is 0 Å². The van der Waals surface area contributed by atoms with E-state index in [0.29, 0.717) is 0 Å². The minimum atomic E-state index is 0.799. The maximum atomic E-state index is 2.78. The van der Waals surface area contributed by atoms with Crippen LogP contribution in [0.15, 0.2) is 30.3 Å². The van der Waals surface area contributed by atoms with Gasteiger partial charge in [-0.3, -0.25) is 4.90 Å². The molecule has 3 nitrogen and oxygen atoms in total. The maximum absolute atomic E-state index is 2.78. The van der Waals surface area contributed by atoms with E-state index in [1.807, 2.05) is 0 Å². The van der Waals surface area contributed by atoms with Crippen molar-refractivity contribution in [2.45, 2.75) is 57.4 Å². The van der Waals surface area contributed by atoms with Crippen LogP contribution in [0, 0.1) is 5.92 Å². The van der Waals surface area contributed by atoms with Crippen LogP contribution in [0.3, 0.4) is 0 Å². The first-order valence-electron chi connectivity index (χ1n) is 11.1. The predicted molar refractivity (Wildman–Crippen MR) is 111 cm³/mol. The lowest BCUT2D eigenvalue weighted by Gasteiger charge is -2.44. The monoisotopic (exact) mass is 355 g/mol. The average Bonchev–Trinajstić information content (AvgIpc) is 3.23. The van der Waals surface area contributed by atoms with Gasteiger partial charge in [0.1, 0.15) is 0 Å². The number of likely N-dealkylation sites (tertiary alicyclic amines) is 1. The molecular weight excluding hydrogens is 318 g/mol. The summed E-state index contributed by atoms with van der Waals surface area (Å²) in [5.41, 5.74) is 1.39. The second-order valence-corrected chi connectivity index (χ2v) is 8.75. The molecular formula is C23H37N3. The summed E-state index contributed by atoms with van der Waals surface area (Å²) < 4.78 is 0. The largest absolute Gasteiger partial charge is 0.369 e. The van der Waals surface area contributed by atoms with E-state index in [4.69, 9.17) is 0 Å². The highest BCUT2D eigenvalue weighted by Crippen LogP contribution is 2.29. The molecule has 4 rings (SSSR count). The summed E-state index contributed by atoms with van der Waals surface area (Å²) in [5, 5.41) is 0.